The average Bonchev–Trinajstić information content (AvgIpc) is 2.49. The van der Waals surface area contributed by atoms with Crippen LogP contribution in [0.1, 0.15) is 63.6 Å². The molecule has 2 rings (SSSR count). The zero-order valence-corrected chi connectivity index (χ0v) is 14.6. The molecule has 1 aromatic heterocycles. The Kier molecular flexibility index (Phi) is 4.73. The number of hydrogen-bond acceptors (Lipinski definition) is 4. The second-order valence-electron chi connectivity index (χ2n) is 7.28. The van der Waals surface area contributed by atoms with Crippen molar-refractivity contribution in [3.63, 3.8) is 0 Å². The normalized spacial score (nSPS) is 22.0. The fourth-order valence-electron chi connectivity index (χ4n) is 2.88. The summed E-state index contributed by atoms with van der Waals surface area (Å²) in [7, 11) is 0. The van der Waals surface area contributed by atoms with Crippen molar-refractivity contribution in [1.29, 1.82) is 0 Å². The monoisotopic (exact) mass is 318 g/mol. The molecule has 1 aromatic rings. The molecular formula is C17H26N4O2. The van der Waals surface area contributed by atoms with Gasteiger partial charge in [0.25, 0.3) is 5.91 Å². The van der Waals surface area contributed by atoms with E-state index in [4.69, 9.17) is 0 Å². The smallest absolute Gasteiger partial charge is 0.257 e. The Morgan fingerprint density at radius 1 is 1.35 bits per heavy atom. The van der Waals surface area contributed by atoms with Crippen LogP contribution in [-0.2, 0) is 10.2 Å². The summed E-state index contributed by atoms with van der Waals surface area (Å²) in [4.78, 5) is 35.5. The Labute approximate surface area is 137 Å². The van der Waals surface area contributed by atoms with Crippen molar-refractivity contribution in [1.82, 2.24) is 20.2 Å². The molecule has 1 saturated heterocycles. The summed E-state index contributed by atoms with van der Waals surface area (Å²) in [6.45, 7) is 10.9. The molecule has 1 N–H and O–H groups in total. The van der Waals surface area contributed by atoms with E-state index in [1.165, 1.54) is 0 Å². The van der Waals surface area contributed by atoms with Crippen molar-refractivity contribution in [3.05, 3.63) is 23.8 Å². The summed E-state index contributed by atoms with van der Waals surface area (Å²) < 4.78 is 0. The van der Waals surface area contributed by atoms with Gasteiger partial charge in [-0.15, -0.1) is 0 Å². The number of carbonyl (C=O) groups excluding carboxylic acids is 2. The molecular weight excluding hydrogens is 292 g/mol. The van der Waals surface area contributed by atoms with Gasteiger partial charge in [0.05, 0.1) is 5.56 Å². The standard InChI is InChI=1S/C17H26N4O2/c1-6-7-17(5)15(23)18-8-9-21(17)13(22)12-10-19-14(20-11-12)16(2,3)4/h10-11H,6-9H2,1-5H3,(H,18,23). The predicted molar refractivity (Wildman–Crippen MR) is 88.1 cm³/mol. The zero-order chi connectivity index (χ0) is 17.3. The summed E-state index contributed by atoms with van der Waals surface area (Å²) in [5.41, 5.74) is -0.550. The Bertz CT molecular complexity index is 592. The summed E-state index contributed by atoms with van der Waals surface area (Å²) >= 11 is 0. The number of nitrogens with one attached hydrogen (secondary N) is 1. The first-order valence-electron chi connectivity index (χ1n) is 8.13. The summed E-state index contributed by atoms with van der Waals surface area (Å²) in [5, 5.41) is 2.86. The quantitative estimate of drug-likeness (QED) is 0.923. The first-order chi connectivity index (χ1) is 10.7. The minimum Gasteiger partial charge on any atom is -0.352 e. The van der Waals surface area contributed by atoms with E-state index < -0.39 is 5.54 Å². The van der Waals surface area contributed by atoms with Crippen LogP contribution in [0.5, 0.6) is 0 Å². The Morgan fingerprint density at radius 2 is 1.96 bits per heavy atom. The molecule has 1 atom stereocenters. The zero-order valence-electron chi connectivity index (χ0n) is 14.6. The van der Waals surface area contributed by atoms with E-state index >= 15 is 0 Å². The SMILES string of the molecule is CCCC1(C)C(=O)NCCN1C(=O)c1cnc(C(C)(C)C)nc1. The number of hydrogen-bond donors (Lipinski definition) is 1. The van der Waals surface area contributed by atoms with E-state index in [0.717, 1.165) is 6.42 Å². The molecule has 23 heavy (non-hydrogen) atoms. The molecule has 0 radical (unpaired) electrons. The molecule has 2 heterocycles. The highest BCUT2D eigenvalue weighted by Gasteiger charge is 2.44. The van der Waals surface area contributed by atoms with Crippen LogP contribution in [0.25, 0.3) is 0 Å². The van der Waals surface area contributed by atoms with Gasteiger partial charge in [0.2, 0.25) is 5.91 Å². The van der Waals surface area contributed by atoms with Crippen LogP contribution in [0.2, 0.25) is 0 Å². The van der Waals surface area contributed by atoms with Gasteiger partial charge in [0.1, 0.15) is 11.4 Å². The highest BCUT2D eigenvalue weighted by atomic mass is 16.2. The van der Waals surface area contributed by atoms with Crippen molar-refractivity contribution in [2.24, 2.45) is 0 Å². The molecule has 6 nitrogen and oxygen atoms in total. The lowest BCUT2D eigenvalue weighted by atomic mass is 9.90. The van der Waals surface area contributed by atoms with E-state index in [-0.39, 0.29) is 17.2 Å². The second kappa shape index (κ2) is 6.26. The number of amides is 2. The molecule has 0 aromatic carbocycles. The van der Waals surface area contributed by atoms with Crippen LogP contribution in [0.15, 0.2) is 12.4 Å². The predicted octanol–water partition coefficient (Wildman–Crippen LogP) is 1.90. The van der Waals surface area contributed by atoms with Gasteiger partial charge in [-0.1, -0.05) is 34.1 Å². The summed E-state index contributed by atoms with van der Waals surface area (Å²) in [5.74, 6) is 0.421. The summed E-state index contributed by atoms with van der Waals surface area (Å²) in [6.07, 6.45) is 4.59. The van der Waals surface area contributed by atoms with E-state index in [0.29, 0.717) is 30.9 Å². The molecule has 0 aliphatic carbocycles. The fourth-order valence-corrected chi connectivity index (χ4v) is 2.88. The molecule has 1 aliphatic rings. The van der Waals surface area contributed by atoms with Crippen LogP contribution in [-0.4, -0.2) is 45.3 Å². The van der Waals surface area contributed by atoms with Gasteiger partial charge in [-0.25, -0.2) is 9.97 Å². The van der Waals surface area contributed by atoms with Gasteiger partial charge >= 0.3 is 0 Å². The van der Waals surface area contributed by atoms with E-state index in [2.05, 4.69) is 15.3 Å². The van der Waals surface area contributed by atoms with Crippen LogP contribution in [0, 0.1) is 0 Å². The van der Waals surface area contributed by atoms with Crippen LogP contribution in [0.3, 0.4) is 0 Å². The third-order valence-corrected chi connectivity index (χ3v) is 4.26. The van der Waals surface area contributed by atoms with E-state index in [9.17, 15) is 9.59 Å². The maximum absolute atomic E-state index is 12.9. The molecule has 6 heteroatoms. The second-order valence-corrected chi connectivity index (χ2v) is 7.28. The number of piperazine rings is 1. The summed E-state index contributed by atoms with van der Waals surface area (Å²) in [6, 6.07) is 0. The Hall–Kier alpha value is -1.98. The molecule has 0 bridgehead atoms. The highest BCUT2D eigenvalue weighted by Crippen LogP contribution is 2.26. The third kappa shape index (κ3) is 3.35. The first-order valence-corrected chi connectivity index (χ1v) is 8.13. The lowest BCUT2D eigenvalue weighted by Crippen LogP contribution is -2.64. The topological polar surface area (TPSA) is 75.2 Å². The molecule has 1 aliphatic heterocycles. The van der Waals surface area contributed by atoms with Crippen LogP contribution in [0.4, 0.5) is 0 Å². The number of nitrogens with zero attached hydrogens (tertiary/aromatic N) is 3. The fraction of sp³-hybridized carbons (Fsp3) is 0.647. The number of carbonyl (C=O) groups is 2. The number of rotatable bonds is 3. The van der Waals surface area contributed by atoms with Gasteiger partial charge in [-0.2, -0.15) is 0 Å². The third-order valence-electron chi connectivity index (χ3n) is 4.26. The van der Waals surface area contributed by atoms with Gasteiger partial charge in [0, 0.05) is 30.9 Å². The molecule has 2 amide bonds. The van der Waals surface area contributed by atoms with Crippen molar-refractivity contribution in [2.75, 3.05) is 13.1 Å². The lowest BCUT2D eigenvalue weighted by Gasteiger charge is -2.43. The van der Waals surface area contributed by atoms with Crippen molar-refractivity contribution in [3.8, 4) is 0 Å². The van der Waals surface area contributed by atoms with Gasteiger partial charge in [0.15, 0.2) is 0 Å². The van der Waals surface area contributed by atoms with Gasteiger partial charge in [-0.05, 0) is 13.3 Å². The molecule has 0 saturated carbocycles. The highest BCUT2D eigenvalue weighted by molar-refractivity contribution is 5.99. The largest absolute Gasteiger partial charge is 0.352 e. The van der Waals surface area contributed by atoms with Crippen molar-refractivity contribution >= 4 is 11.8 Å². The van der Waals surface area contributed by atoms with E-state index in [1.54, 1.807) is 17.3 Å². The maximum Gasteiger partial charge on any atom is 0.257 e. The van der Waals surface area contributed by atoms with Gasteiger partial charge in [-0.3, -0.25) is 9.59 Å². The van der Waals surface area contributed by atoms with Crippen molar-refractivity contribution in [2.45, 2.75) is 58.4 Å². The van der Waals surface area contributed by atoms with Crippen LogP contribution >= 0.6 is 0 Å². The molecule has 0 spiro atoms. The minimum atomic E-state index is -0.813. The van der Waals surface area contributed by atoms with Gasteiger partial charge < -0.3 is 10.2 Å². The number of aromatic nitrogens is 2. The first kappa shape index (κ1) is 17.4. The minimum absolute atomic E-state index is 0.0915. The Morgan fingerprint density at radius 3 is 2.48 bits per heavy atom. The molecule has 126 valence electrons. The molecule has 1 fully saturated rings. The maximum atomic E-state index is 12.9. The average molecular weight is 318 g/mol. The van der Waals surface area contributed by atoms with Crippen molar-refractivity contribution < 1.29 is 9.59 Å². The molecule has 1 unspecified atom stereocenters. The van der Waals surface area contributed by atoms with Crippen LogP contribution < -0.4 is 5.32 Å². The Balaban J connectivity index is 2.29. The lowest BCUT2D eigenvalue weighted by molar-refractivity contribution is -0.134. The van der Waals surface area contributed by atoms with E-state index in [1.807, 2.05) is 34.6 Å².